The van der Waals surface area contributed by atoms with Gasteiger partial charge in [0, 0.05) is 30.7 Å². The molecule has 1 amide bonds. The zero-order valence-electron chi connectivity index (χ0n) is 13.3. The first kappa shape index (κ1) is 15.9. The van der Waals surface area contributed by atoms with Crippen LogP contribution >= 0.6 is 0 Å². The summed E-state index contributed by atoms with van der Waals surface area (Å²) < 4.78 is 0. The van der Waals surface area contributed by atoms with Crippen LogP contribution in [0.4, 0.5) is 5.69 Å². The molecule has 1 saturated heterocycles. The molecule has 1 atom stereocenters. The number of hydrogen-bond donors (Lipinski definition) is 1. The maximum atomic E-state index is 12.2. The highest BCUT2D eigenvalue weighted by Crippen LogP contribution is 2.23. The van der Waals surface area contributed by atoms with E-state index in [0.717, 1.165) is 17.9 Å². The fraction of sp³-hybridized carbons (Fsp3) is 0.625. The van der Waals surface area contributed by atoms with Crippen molar-refractivity contribution in [3.8, 4) is 0 Å². The molecule has 0 spiro atoms. The Hall–Kier alpha value is -1.46. The van der Waals surface area contributed by atoms with Crippen LogP contribution in [0.5, 0.6) is 0 Å². The third kappa shape index (κ3) is 4.02. The number of anilines is 1. The Morgan fingerprint density at radius 1 is 1.33 bits per heavy atom. The summed E-state index contributed by atoms with van der Waals surface area (Å²) in [5.74, 6) is 0.0622. The molecule has 1 aliphatic rings. The van der Waals surface area contributed by atoms with Crippen LogP contribution in [0, 0.1) is 0 Å². The van der Waals surface area contributed by atoms with Gasteiger partial charge in [0.2, 0.25) is 5.91 Å². The lowest BCUT2D eigenvalue weighted by atomic mass is 9.92. The molecular weight excluding hydrogens is 266 g/mol. The highest BCUT2D eigenvalue weighted by Gasteiger charge is 2.26. The van der Waals surface area contributed by atoms with Crippen molar-refractivity contribution in [1.82, 2.24) is 9.88 Å². The number of aromatic nitrogens is 1. The molecule has 1 aromatic heterocycles. The average Bonchev–Trinajstić information content (AvgIpc) is 2.37. The lowest BCUT2D eigenvalue weighted by Crippen LogP contribution is -2.52. The first-order valence-electron chi connectivity index (χ1n) is 7.44. The lowest BCUT2D eigenvalue weighted by Gasteiger charge is -2.34. The molecule has 1 N–H and O–H groups in total. The predicted octanol–water partition coefficient (Wildman–Crippen LogP) is 1.41. The zero-order chi connectivity index (χ0) is 15.6. The van der Waals surface area contributed by atoms with E-state index in [9.17, 15) is 9.90 Å². The Bertz CT molecular complexity index is 491. The average molecular weight is 291 g/mol. The van der Waals surface area contributed by atoms with Gasteiger partial charge in [-0.2, -0.15) is 0 Å². The van der Waals surface area contributed by atoms with Crippen molar-refractivity contribution in [2.75, 3.05) is 31.1 Å². The van der Waals surface area contributed by atoms with E-state index in [0.29, 0.717) is 19.6 Å². The van der Waals surface area contributed by atoms with Crippen molar-refractivity contribution in [3.63, 3.8) is 0 Å². The summed E-state index contributed by atoms with van der Waals surface area (Å²) in [5.41, 5.74) is 1.88. The fourth-order valence-corrected chi connectivity index (χ4v) is 2.51. The normalized spacial score (nSPS) is 18.9. The number of aliphatic hydroxyl groups excluding tert-OH is 1. The van der Waals surface area contributed by atoms with Crippen molar-refractivity contribution in [3.05, 3.63) is 24.0 Å². The van der Waals surface area contributed by atoms with Gasteiger partial charge < -0.3 is 10.0 Å². The summed E-state index contributed by atoms with van der Waals surface area (Å²) in [5, 5.41) is 9.40. The standard InChI is InChI=1S/C16H25N3O2/c1-12(20)10-18-7-8-19(15(21)11-18)13-5-6-14(17-9-13)16(2,3)4/h5-6,9,12,20H,7-8,10-11H2,1-4H3. The number of hydrogen-bond acceptors (Lipinski definition) is 4. The molecule has 1 unspecified atom stereocenters. The summed E-state index contributed by atoms with van der Waals surface area (Å²) >= 11 is 0. The van der Waals surface area contributed by atoms with Crippen LogP contribution in [0.1, 0.15) is 33.4 Å². The predicted molar refractivity (Wildman–Crippen MR) is 83.4 cm³/mol. The monoisotopic (exact) mass is 291 g/mol. The molecule has 0 aromatic carbocycles. The summed E-state index contributed by atoms with van der Waals surface area (Å²) in [6, 6.07) is 3.96. The van der Waals surface area contributed by atoms with Crippen molar-refractivity contribution in [2.24, 2.45) is 0 Å². The zero-order valence-corrected chi connectivity index (χ0v) is 13.3. The molecule has 5 heteroatoms. The Balaban J connectivity index is 2.05. The van der Waals surface area contributed by atoms with E-state index in [1.165, 1.54) is 0 Å². The van der Waals surface area contributed by atoms with Crippen LogP contribution in [-0.2, 0) is 10.2 Å². The lowest BCUT2D eigenvalue weighted by molar-refractivity contribution is -0.121. The number of pyridine rings is 1. The Morgan fingerprint density at radius 2 is 2.05 bits per heavy atom. The summed E-state index contributed by atoms with van der Waals surface area (Å²) in [7, 11) is 0. The maximum Gasteiger partial charge on any atom is 0.241 e. The smallest absolute Gasteiger partial charge is 0.241 e. The second kappa shape index (κ2) is 6.12. The first-order valence-corrected chi connectivity index (χ1v) is 7.44. The molecule has 116 valence electrons. The largest absolute Gasteiger partial charge is 0.392 e. The number of carbonyl (C=O) groups excluding carboxylic acids is 1. The third-order valence-corrected chi connectivity index (χ3v) is 3.65. The molecule has 0 radical (unpaired) electrons. The van der Waals surface area contributed by atoms with E-state index in [2.05, 4.69) is 25.8 Å². The van der Waals surface area contributed by atoms with E-state index < -0.39 is 6.10 Å². The van der Waals surface area contributed by atoms with Crippen LogP contribution < -0.4 is 4.90 Å². The summed E-state index contributed by atoms with van der Waals surface area (Å²) in [4.78, 5) is 20.5. The summed E-state index contributed by atoms with van der Waals surface area (Å²) in [6.45, 7) is 10.4. The number of amides is 1. The fourth-order valence-electron chi connectivity index (χ4n) is 2.51. The summed E-state index contributed by atoms with van der Waals surface area (Å²) in [6.07, 6.45) is 1.38. The van der Waals surface area contributed by atoms with E-state index >= 15 is 0 Å². The first-order chi connectivity index (χ1) is 9.77. The van der Waals surface area contributed by atoms with Crippen LogP contribution in [0.2, 0.25) is 0 Å². The van der Waals surface area contributed by atoms with Crippen LogP contribution in [0.25, 0.3) is 0 Å². The molecule has 0 saturated carbocycles. The number of β-amino-alcohol motifs (C(OH)–C–C–N with tert-alkyl or cyclic N) is 1. The van der Waals surface area contributed by atoms with Gasteiger partial charge in [-0.15, -0.1) is 0 Å². The molecule has 1 aliphatic heterocycles. The number of rotatable bonds is 3. The minimum Gasteiger partial charge on any atom is -0.392 e. The molecule has 1 fully saturated rings. The third-order valence-electron chi connectivity index (χ3n) is 3.65. The van der Waals surface area contributed by atoms with Crippen molar-refractivity contribution >= 4 is 11.6 Å². The molecule has 21 heavy (non-hydrogen) atoms. The molecule has 1 aromatic rings. The highest BCUT2D eigenvalue weighted by molar-refractivity contribution is 5.95. The minimum absolute atomic E-state index is 0.0124. The minimum atomic E-state index is -0.405. The van der Waals surface area contributed by atoms with Crippen LogP contribution in [0.3, 0.4) is 0 Å². The number of aliphatic hydroxyl groups is 1. The molecular formula is C16H25N3O2. The van der Waals surface area contributed by atoms with Gasteiger partial charge in [-0.3, -0.25) is 14.7 Å². The second-order valence-corrected chi connectivity index (χ2v) is 6.78. The van der Waals surface area contributed by atoms with E-state index in [4.69, 9.17) is 0 Å². The van der Waals surface area contributed by atoms with Crippen LogP contribution in [0.15, 0.2) is 18.3 Å². The van der Waals surface area contributed by atoms with Gasteiger partial charge in [0.25, 0.3) is 0 Å². The van der Waals surface area contributed by atoms with Gasteiger partial charge in [-0.05, 0) is 19.1 Å². The number of nitrogens with zero attached hydrogens (tertiary/aromatic N) is 3. The van der Waals surface area contributed by atoms with Crippen molar-refractivity contribution in [1.29, 1.82) is 0 Å². The van der Waals surface area contributed by atoms with Crippen LogP contribution in [-0.4, -0.2) is 53.2 Å². The van der Waals surface area contributed by atoms with Gasteiger partial charge in [0.05, 0.1) is 24.5 Å². The van der Waals surface area contributed by atoms with Gasteiger partial charge >= 0.3 is 0 Å². The Morgan fingerprint density at radius 3 is 2.52 bits per heavy atom. The second-order valence-electron chi connectivity index (χ2n) is 6.78. The van der Waals surface area contributed by atoms with Crippen molar-refractivity contribution < 1.29 is 9.90 Å². The van der Waals surface area contributed by atoms with E-state index in [1.807, 2.05) is 17.0 Å². The quantitative estimate of drug-likeness (QED) is 0.915. The molecule has 0 aliphatic carbocycles. The van der Waals surface area contributed by atoms with Gasteiger partial charge in [0.1, 0.15) is 0 Å². The topological polar surface area (TPSA) is 56.7 Å². The molecule has 0 bridgehead atoms. The molecule has 2 rings (SSSR count). The highest BCUT2D eigenvalue weighted by atomic mass is 16.3. The SMILES string of the molecule is CC(O)CN1CCN(c2ccc(C(C)(C)C)nc2)C(=O)C1. The van der Waals surface area contributed by atoms with Gasteiger partial charge in [0.15, 0.2) is 0 Å². The number of piperazine rings is 1. The number of carbonyl (C=O) groups is 1. The maximum absolute atomic E-state index is 12.2. The molecule has 5 nitrogen and oxygen atoms in total. The Labute approximate surface area is 126 Å². The van der Waals surface area contributed by atoms with Crippen molar-refractivity contribution in [2.45, 2.75) is 39.2 Å². The van der Waals surface area contributed by atoms with Gasteiger partial charge in [-0.1, -0.05) is 20.8 Å². The van der Waals surface area contributed by atoms with E-state index in [-0.39, 0.29) is 11.3 Å². The molecule has 2 heterocycles. The van der Waals surface area contributed by atoms with E-state index in [1.54, 1.807) is 18.0 Å². The van der Waals surface area contributed by atoms with Gasteiger partial charge in [-0.25, -0.2) is 0 Å². The Kier molecular flexibility index (Phi) is 4.64.